The van der Waals surface area contributed by atoms with Gasteiger partial charge in [-0.05, 0) is 24.8 Å². The van der Waals surface area contributed by atoms with Crippen molar-refractivity contribution in [3.05, 3.63) is 0 Å². The Morgan fingerprint density at radius 1 is 1.00 bits per heavy atom. The average Bonchev–Trinajstić information content (AvgIpc) is 2.04. The summed E-state index contributed by atoms with van der Waals surface area (Å²) in [7, 11) is 0. The molecule has 0 aromatic carbocycles. The highest BCUT2D eigenvalue weighted by Crippen LogP contribution is 2.14. The van der Waals surface area contributed by atoms with Gasteiger partial charge in [-0.25, -0.2) is 0 Å². The molecule has 1 heteroatoms. The fraction of sp³-hybridized carbons (Fsp3) is 1.00. The summed E-state index contributed by atoms with van der Waals surface area (Å²) in [5.41, 5.74) is 0. The molecule has 0 aliphatic rings. The SMILES string of the molecule is CCC(CCC(C)C)CNC(C)C. The number of hydrogen-bond donors (Lipinski definition) is 1. The van der Waals surface area contributed by atoms with Crippen molar-refractivity contribution in [2.45, 2.75) is 59.9 Å². The topological polar surface area (TPSA) is 12.0 Å². The standard InChI is InChI=1S/C12H27N/c1-6-12(8-7-10(2)3)9-13-11(4)5/h10-13H,6-9H2,1-5H3. The molecule has 0 bridgehead atoms. The maximum atomic E-state index is 3.52. The van der Waals surface area contributed by atoms with Gasteiger partial charge in [0.05, 0.1) is 0 Å². The molecule has 0 heterocycles. The Hall–Kier alpha value is -0.0400. The van der Waals surface area contributed by atoms with Crippen molar-refractivity contribution in [2.24, 2.45) is 11.8 Å². The van der Waals surface area contributed by atoms with Crippen molar-refractivity contribution in [2.75, 3.05) is 6.54 Å². The number of hydrogen-bond acceptors (Lipinski definition) is 1. The van der Waals surface area contributed by atoms with Gasteiger partial charge >= 0.3 is 0 Å². The Morgan fingerprint density at radius 2 is 1.62 bits per heavy atom. The maximum Gasteiger partial charge on any atom is 0.00104 e. The van der Waals surface area contributed by atoms with Crippen LogP contribution >= 0.6 is 0 Å². The molecule has 80 valence electrons. The van der Waals surface area contributed by atoms with E-state index in [1.807, 2.05) is 0 Å². The van der Waals surface area contributed by atoms with Crippen LogP contribution in [0.1, 0.15) is 53.9 Å². The van der Waals surface area contributed by atoms with Crippen LogP contribution in [0.15, 0.2) is 0 Å². The van der Waals surface area contributed by atoms with Crippen LogP contribution in [0.2, 0.25) is 0 Å². The lowest BCUT2D eigenvalue weighted by atomic mass is 9.95. The quantitative estimate of drug-likeness (QED) is 0.640. The Balaban J connectivity index is 3.51. The van der Waals surface area contributed by atoms with Crippen LogP contribution in [0, 0.1) is 11.8 Å². The van der Waals surface area contributed by atoms with E-state index in [-0.39, 0.29) is 0 Å². The number of rotatable bonds is 7. The van der Waals surface area contributed by atoms with Gasteiger partial charge < -0.3 is 5.32 Å². The van der Waals surface area contributed by atoms with Crippen molar-refractivity contribution < 1.29 is 0 Å². The van der Waals surface area contributed by atoms with Crippen LogP contribution < -0.4 is 5.32 Å². The zero-order valence-electron chi connectivity index (χ0n) is 10.1. The van der Waals surface area contributed by atoms with E-state index >= 15 is 0 Å². The van der Waals surface area contributed by atoms with E-state index < -0.39 is 0 Å². The average molecular weight is 185 g/mol. The van der Waals surface area contributed by atoms with Crippen LogP contribution in [0.25, 0.3) is 0 Å². The molecular formula is C12H27N. The second-order valence-electron chi connectivity index (χ2n) is 4.81. The van der Waals surface area contributed by atoms with Crippen LogP contribution in [0.5, 0.6) is 0 Å². The molecule has 0 aliphatic heterocycles. The lowest BCUT2D eigenvalue weighted by molar-refractivity contribution is 0.379. The largest absolute Gasteiger partial charge is 0.314 e. The zero-order chi connectivity index (χ0) is 10.3. The van der Waals surface area contributed by atoms with Crippen molar-refractivity contribution in [3.8, 4) is 0 Å². The molecule has 1 N–H and O–H groups in total. The zero-order valence-corrected chi connectivity index (χ0v) is 10.1. The summed E-state index contributed by atoms with van der Waals surface area (Å²) in [5.74, 6) is 1.73. The third kappa shape index (κ3) is 8.29. The van der Waals surface area contributed by atoms with E-state index in [9.17, 15) is 0 Å². The van der Waals surface area contributed by atoms with Crippen LogP contribution in [-0.2, 0) is 0 Å². The minimum absolute atomic E-state index is 0.632. The van der Waals surface area contributed by atoms with Gasteiger partial charge in [-0.2, -0.15) is 0 Å². The molecule has 0 saturated heterocycles. The highest BCUT2D eigenvalue weighted by atomic mass is 14.9. The molecular weight excluding hydrogens is 158 g/mol. The molecule has 0 aromatic rings. The molecule has 0 rings (SSSR count). The van der Waals surface area contributed by atoms with Crippen molar-refractivity contribution in [1.82, 2.24) is 5.32 Å². The Bertz CT molecular complexity index is 95.7. The molecule has 1 atom stereocenters. The van der Waals surface area contributed by atoms with Crippen LogP contribution in [-0.4, -0.2) is 12.6 Å². The summed E-state index contributed by atoms with van der Waals surface area (Å²) < 4.78 is 0. The molecule has 1 unspecified atom stereocenters. The molecule has 13 heavy (non-hydrogen) atoms. The Kier molecular flexibility index (Phi) is 7.35. The van der Waals surface area contributed by atoms with E-state index in [0.717, 1.165) is 11.8 Å². The third-order valence-corrected chi connectivity index (χ3v) is 2.54. The van der Waals surface area contributed by atoms with Crippen molar-refractivity contribution in [1.29, 1.82) is 0 Å². The van der Waals surface area contributed by atoms with Gasteiger partial charge in [0.2, 0.25) is 0 Å². The van der Waals surface area contributed by atoms with E-state index in [1.54, 1.807) is 0 Å². The van der Waals surface area contributed by atoms with Crippen LogP contribution in [0.4, 0.5) is 0 Å². The monoisotopic (exact) mass is 185 g/mol. The third-order valence-electron chi connectivity index (χ3n) is 2.54. The van der Waals surface area contributed by atoms with Gasteiger partial charge in [-0.15, -0.1) is 0 Å². The fourth-order valence-corrected chi connectivity index (χ4v) is 1.42. The van der Waals surface area contributed by atoms with Crippen molar-refractivity contribution in [3.63, 3.8) is 0 Å². The van der Waals surface area contributed by atoms with Crippen LogP contribution in [0.3, 0.4) is 0 Å². The first-order chi connectivity index (χ1) is 6.06. The molecule has 0 spiro atoms. The molecule has 0 aliphatic carbocycles. The predicted octanol–water partition coefficient (Wildman–Crippen LogP) is 3.45. The minimum Gasteiger partial charge on any atom is -0.314 e. The van der Waals surface area contributed by atoms with Gasteiger partial charge in [-0.3, -0.25) is 0 Å². The summed E-state index contributed by atoms with van der Waals surface area (Å²) in [4.78, 5) is 0. The van der Waals surface area contributed by atoms with Gasteiger partial charge in [-0.1, -0.05) is 47.5 Å². The first kappa shape index (κ1) is 13.0. The van der Waals surface area contributed by atoms with E-state index in [1.165, 1.54) is 25.8 Å². The summed E-state index contributed by atoms with van der Waals surface area (Å²) in [6.45, 7) is 12.5. The smallest absolute Gasteiger partial charge is 0.00104 e. The highest BCUT2D eigenvalue weighted by molar-refractivity contribution is 4.63. The summed E-state index contributed by atoms with van der Waals surface area (Å²) in [6, 6.07) is 0.632. The summed E-state index contributed by atoms with van der Waals surface area (Å²) in [6.07, 6.45) is 4.07. The van der Waals surface area contributed by atoms with Gasteiger partial charge in [0.25, 0.3) is 0 Å². The van der Waals surface area contributed by atoms with E-state index in [2.05, 4.69) is 39.9 Å². The molecule has 0 aromatic heterocycles. The first-order valence-corrected chi connectivity index (χ1v) is 5.79. The first-order valence-electron chi connectivity index (χ1n) is 5.79. The molecule has 0 fully saturated rings. The molecule has 1 nitrogen and oxygen atoms in total. The van der Waals surface area contributed by atoms with E-state index in [0.29, 0.717) is 6.04 Å². The highest BCUT2D eigenvalue weighted by Gasteiger charge is 2.07. The second kappa shape index (κ2) is 7.37. The van der Waals surface area contributed by atoms with E-state index in [4.69, 9.17) is 0 Å². The Labute approximate surface area is 84.3 Å². The summed E-state index contributed by atoms with van der Waals surface area (Å²) in [5, 5.41) is 3.52. The molecule has 0 radical (unpaired) electrons. The van der Waals surface area contributed by atoms with Gasteiger partial charge in [0, 0.05) is 6.04 Å². The molecule has 0 amide bonds. The lowest BCUT2D eigenvalue weighted by Crippen LogP contribution is -2.28. The normalized spacial score (nSPS) is 14.1. The summed E-state index contributed by atoms with van der Waals surface area (Å²) >= 11 is 0. The number of nitrogens with one attached hydrogen (secondary N) is 1. The fourth-order valence-electron chi connectivity index (χ4n) is 1.42. The van der Waals surface area contributed by atoms with Gasteiger partial charge in [0.15, 0.2) is 0 Å². The van der Waals surface area contributed by atoms with Crippen molar-refractivity contribution >= 4 is 0 Å². The lowest BCUT2D eigenvalue weighted by Gasteiger charge is -2.18. The second-order valence-corrected chi connectivity index (χ2v) is 4.81. The molecule has 0 saturated carbocycles. The Morgan fingerprint density at radius 3 is 2.00 bits per heavy atom. The maximum absolute atomic E-state index is 3.52. The predicted molar refractivity (Wildman–Crippen MR) is 61.0 cm³/mol. The minimum atomic E-state index is 0.632. The van der Waals surface area contributed by atoms with Gasteiger partial charge in [0.1, 0.15) is 0 Å².